The van der Waals surface area contributed by atoms with Gasteiger partial charge in [-0.25, -0.2) is 0 Å². The van der Waals surface area contributed by atoms with Crippen LogP contribution in [0.1, 0.15) is 0 Å². The average molecular weight is 513 g/mol. The molecule has 0 rings (SSSR count). The maximum absolute atomic E-state index is 4.92. The van der Waals surface area contributed by atoms with Crippen LogP contribution in [-0.4, -0.2) is 0 Å². The number of nitrogens with one attached hydrogen (secondary N) is 32. The summed E-state index contributed by atoms with van der Waals surface area (Å²) in [6.45, 7) is 0. The second-order valence-corrected chi connectivity index (χ2v) is 4.04. The monoisotopic (exact) mass is 512 g/mol. The highest BCUT2D eigenvalue weighted by molar-refractivity contribution is 4.19. The Kier molecular flexibility index (Phi) is 30.4. The van der Waals surface area contributed by atoms with E-state index in [2.05, 4.69) is 177 Å². The van der Waals surface area contributed by atoms with Crippen molar-refractivity contribution < 1.29 is 0 Å². The topological polar surface area (TPSA) is 437 Å². The maximum Gasteiger partial charge on any atom is -0.164 e. The Balaban J connectivity index is 2.99. The lowest BCUT2D eigenvalue weighted by molar-refractivity contribution is 0.182. The van der Waals surface area contributed by atoms with Gasteiger partial charge in [0, 0.05) is 0 Å². The van der Waals surface area contributed by atoms with Crippen molar-refractivity contribution in [3.63, 3.8) is 0 Å². The first-order valence-corrected chi connectivity index (χ1v) is 8.33. The largest absolute Gasteiger partial charge is 0.257 e. The summed E-state index contributed by atoms with van der Waals surface area (Å²) in [4.78, 5) is 0. The summed E-state index contributed by atoms with van der Waals surface area (Å²) in [6, 6.07) is 0. The van der Waals surface area contributed by atoms with Gasteiger partial charge in [-0.2, -0.15) is 177 Å². The molecule has 0 spiro atoms. The lowest BCUT2D eigenvalue weighted by Gasteiger charge is -2.16. The van der Waals surface area contributed by atoms with Gasteiger partial charge in [-0.3, -0.25) is 11.7 Å². The van der Waals surface area contributed by atoms with Gasteiger partial charge in [-0.05, 0) is 0 Å². The van der Waals surface area contributed by atoms with Gasteiger partial charge < -0.3 is 0 Å². The van der Waals surface area contributed by atoms with Crippen LogP contribution in [-0.2, 0) is 0 Å². The van der Waals surface area contributed by atoms with Gasteiger partial charge in [0.25, 0.3) is 0 Å². The van der Waals surface area contributed by atoms with Crippen molar-refractivity contribution >= 4 is 0 Å². The molecular formula is H36N34. The van der Waals surface area contributed by atoms with E-state index in [1.54, 1.807) is 0 Å². The third-order valence-electron chi connectivity index (χ3n) is 1.96. The van der Waals surface area contributed by atoms with Crippen molar-refractivity contribution in [2.24, 2.45) is 11.7 Å². The van der Waals surface area contributed by atoms with E-state index in [1.165, 1.54) is 0 Å². The van der Waals surface area contributed by atoms with Crippen LogP contribution in [0.3, 0.4) is 0 Å². The molecule has 0 aromatic carbocycles. The fourth-order valence-corrected chi connectivity index (χ4v) is 0.947. The minimum Gasteiger partial charge on any atom is -0.257 e. The van der Waals surface area contributed by atoms with E-state index in [0.717, 1.165) is 0 Å². The van der Waals surface area contributed by atoms with Gasteiger partial charge >= 0.3 is 0 Å². The molecule has 0 heterocycles. The van der Waals surface area contributed by atoms with Gasteiger partial charge in [-0.1, -0.05) is 0 Å². The van der Waals surface area contributed by atoms with Gasteiger partial charge in [0.05, 0.1) is 0 Å². The fraction of sp³-hybridized carbons (Fsp3) is 0. The fourth-order valence-electron chi connectivity index (χ4n) is 0.947. The molecule has 0 aliphatic rings. The molecule has 0 amide bonds. The van der Waals surface area contributed by atoms with Crippen LogP contribution >= 0.6 is 0 Å². The summed E-state index contributed by atoms with van der Waals surface area (Å²) in [5, 5.41) is 0. The molecule has 0 aromatic rings. The predicted octanol–water partition coefficient (Wildman–Crippen LogP) is -17.0. The second-order valence-electron chi connectivity index (χ2n) is 4.04. The zero-order valence-corrected chi connectivity index (χ0v) is 17.2. The lowest BCUT2D eigenvalue weighted by Crippen LogP contribution is -2.70. The molecule has 0 bridgehead atoms. The molecule has 0 unspecified atom stereocenters. The number of rotatable bonds is 31. The molecular weight excluding hydrogens is 476 g/mol. The van der Waals surface area contributed by atoms with Crippen molar-refractivity contribution in [1.82, 2.24) is 177 Å². The normalized spacial score (nSPS) is 11.5. The molecule has 34 nitrogen and oxygen atoms in total. The Labute approximate surface area is 190 Å². The molecule has 0 saturated carbocycles. The first kappa shape index (κ1) is 32.6. The minimum atomic E-state index is 2.12. The van der Waals surface area contributed by atoms with Crippen LogP contribution in [0.4, 0.5) is 0 Å². The van der Waals surface area contributed by atoms with Crippen LogP contribution in [0.5, 0.6) is 0 Å². The van der Waals surface area contributed by atoms with Crippen molar-refractivity contribution in [3.8, 4) is 0 Å². The van der Waals surface area contributed by atoms with Gasteiger partial charge in [0.2, 0.25) is 0 Å². The van der Waals surface area contributed by atoms with E-state index in [4.69, 9.17) is 11.7 Å². The lowest BCUT2D eigenvalue weighted by atomic mass is 12.0. The second kappa shape index (κ2) is 31.6. The van der Waals surface area contributed by atoms with Crippen molar-refractivity contribution in [1.29, 1.82) is 0 Å². The van der Waals surface area contributed by atoms with Crippen LogP contribution in [0.2, 0.25) is 0 Å². The molecule has 0 aliphatic carbocycles. The SMILES string of the molecule is NNNNNNNNNNNNNNNNNNNNNNNNNNNNNNNNNN. The Morgan fingerprint density at radius 3 is 0.324 bits per heavy atom. The molecule has 34 heteroatoms. The number of hydrazine groups is 33. The first-order chi connectivity index (χ1) is 16.9. The highest BCUT2D eigenvalue weighted by Gasteiger charge is 1.85. The summed E-state index contributed by atoms with van der Waals surface area (Å²) >= 11 is 0. The Hall–Kier alpha value is -1.36. The van der Waals surface area contributed by atoms with E-state index in [0.29, 0.717) is 0 Å². The quantitative estimate of drug-likeness (QED) is 0.0232. The maximum atomic E-state index is 4.92. The molecule has 34 heavy (non-hydrogen) atoms. The van der Waals surface area contributed by atoms with E-state index in [-0.39, 0.29) is 0 Å². The molecule has 0 aromatic heterocycles. The van der Waals surface area contributed by atoms with Gasteiger partial charge in [-0.15, -0.1) is 0 Å². The number of hydrogen-bond acceptors (Lipinski definition) is 34. The predicted molar refractivity (Wildman–Crippen MR) is 109 cm³/mol. The Bertz CT molecular complexity index is 288. The summed E-state index contributed by atoms with van der Waals surface area (Å²) in [5.41, 5.74) is 78.2. The smallest absolute Gasteiger partial charge is 0.164 e. The standard InChI is InChI=1S/H36N34/c1-3-5-7-9-11-13-15-17-19-21-23-25-27-29-31-33-34-32-30-28-26-24-22-20-18-16-14-12-10-8-6-4-2/h3-34H,1-2H2. The summed E-state index contributed by atoms with van der Waals surface area (Å²) in [7, 11) is 0. The molecule has 0 aliphatic heterocycles. The zero-order chi connectivity index (χ0) is 24.6. The summed E-state index contributed by atoms with van der Waals surface area (Å²) < 4.78 is 0. The molecule has 0 fully saturated rings. The van der Waals surface area contributed by atoms with Gasteiger partial charge in [0.1, 0.15) is 0 Å². The Morgan fingerprint density at radius 2 is 0.235 bits per heavy atom. The van der Waals surface area contributed by atoms with Crippen LogP contribution in [0.15, 0.2) is 0 Å². The zero-order valence-electron chi connectivity index (χ0n) is 17.2. The first-order valence-electron chi connectivity index (χ1n) is 8.33. The molecule has 0 radical (unpaired) electrons. The highest BCUT2D eigenvalue weighted by Crippen LogP contribution is 1.31. The van der Waals surface area contributed by atoms with Crippen molar-refractivity contribution in [3.05, 3.63) is 0 Å². The minimum absolute atomic E-state index is 2.12. The molecule has 0 saturated heterocycles. The Morgan fingerprint density at radius 1 is 0.147 bits per heavy atom. The van der Waals surface area contributed by atoms with E-state index in [1.807, 2.05) is 0 Å². The summed E-state index contributed by atoms with van der Waals surface area (Å²) in [6.07, 6.45) is 0. The number of hydrogen-bond donors (Lipinski definition) is 34. The van der Waals surface area contributed by atoms with Crippen LogP contribution in [0, 0.1) is 0 Å². The van der Waals surface area contributed by atoms with E-state index in [9.17, 15) is 0 Å². The molecule has 0 atom stereocenters. The summed E-state index contributed by atoms with van der Waals surface area (Å²) in [5.74, 6) is 9.85. The highest BCUT2D eigenvalue weighted by atomic mass is 16.0. The van der Waals surface area contributed by atoms with Crippen molar-refractivity contribution in [2.45, 2.75) is 0 Å². The number of nitrogens with two attached hydrogens (primary N) is 2. The molecule has 206 valence electrons. The van der Waals surface area contributed by atoms with E-state index >= 15 is 0 Å². The van der Waals surface area contributed by atoms with Crippen LogP contribution < -0.4 is 189 Å². The third kappa shape index (κ3) is 30.6. The van der Waals surface area contributed by atoms with Crippen LogP contribution in [0.25, 0.3) is 0 Å². The van der Waals surface area contributed by atoms with E-state index < -0.39 is 0 Å². The molecule has 36 N–H and O–H groups in total. The van der Waals surface area contributed by atoms with Gasteiger partial charge in [0.15, 0.2) is 0 Å². The average Bonchev–Trinajstić information content (AvgIpc) is 2.85. The van der Waals surface area contributed by atoms with Crippen molar-refractivity contribution in [2.75, 3.05) is 0 Å². The third-order valence-corrected chi connectivity index (χ3v) is 1.96.